The van der Waals surface area contributed by atoms with E-state index >= 15 is 0 Å². The van der Waals surface area contributed by atoms with Gasteiger partial charge in [0.15, 0.2) is 11.5 Å². The van der Waals surface area contributed by atoms with Crippen molar-refractivity contribution < 1.29 is 24.0 Å². The van der Waals surface area contributed by atoms with Crippen molar-refractivity contribution in [1.29, 1.82) is 0 Å². The molecule has 27 heavy (non-hydrogen) atoms. The van der Waals surface area contributed by atoms with Crippen LogP contribution >= 0.6 is 11.3 Å². The van der Waals surface area contributed by atoms with Gasteiger partial charge in [-0.05, 0) is 30.7 Å². The van der Waals surface area contributed by atoms with Crippen LogP contribution in [0.25, 0.3) is 10.6 Å². The SMILES string of the molecule is CC(=O)N(CC(=O)O)C1CCCN(C(=O)c2cc(-c3cccs3)on2)CC1. The maximum absolute atomic E-state index is 12.8. The average Bonchev–Trinajstić information content (AvgIpc) is 3.26. The van der Waals surface area contributed by atoms with Gasteiger partial charge in [-0.2, -0.15) is 0 Å². The molecule has 144 valence electrons. The summed E-state index contributed by atoms with van der Waals surface area (Å²) < 4.78 is 5.28. The molecule has 1 unspecified atom stereocenters. The highest BCUT2D eigenvalue weighted by Gasteiger charge is 2.29. The van der Waals surface area contributed by atoms with Gasteiger partial charge in [-0.25, -0.2) is 0 Å². The number of aliphatic carboxylic acids is 1. The third-order valence-corrected chi connectivity index (χ3v) is 5.51. The summed E-state index contributed by atoms with van der Waals surface area (Å²) in [5.41, 5.74) is 0.255. The van der Waals surface area contributed by atoms with Gasteiger partial charge in [-0.15, -0.1) is 11.3 Å². The van der Waals surface area contributed by atoms with Crippen LogP contribution in [0.15, 0.2) is 28.1 Å². The van der Waals surface area contributed by atoms with Gasteiger partial charge in [0, 0.05) is 32.1 Å². The Balaban J connectivity index is 1.66. The third-order valence-electron chi connectivity index (χ3n) is 4.63. The van der Waals surface area contributed by atoms with Crippen LogP contribution in [0.2, 0.25) is 0 Å². The second-order valence-electron chi connectivity index (χ2n) is 6.47. The number of carboxylic acid groups (broad SMARTS) is 1. The Morgan fingerprint density at radius 2 is 2.19 bits per heavy atom. The Morgan fingerprint density at radius 1 is 1.37 bits per heavy atom. The summed E-state index contributed by atoms with van der Waals surface area (Å²) in [4.78, 5) is 39.6. The van der Waals surface area contributed by atoms with Crippen LogP contribution in [0.5, 0.6) is 0 Å². The van der Waals surface area contributed by atoms with Crippen LogP contribution in [-0.4, -0.2) is 63.5 Å². The Morgan fingerprint density at radius 3 is 2.85 bits per heavy atom. The predicted molar refractivity (Wildman–Crippen MR) is 98.4 cm³/mol. The predicted octanol–water partition coefficient (Wildman–Crippen LogP) is 2.33. The maximum atomic E-state index is 12.8. The molecule has 1 aliphatic heterocycles. The lowest BCUT2D eigenvalue weighted by Crippen LogP contribution is -2.43. The summed E-state index contributed by atoms with van der Waals surface area (Å²) >= 11 is 1.51. The van der Waals surface area contributed by atoms with Gasteiger partial charge in [0.2, 0.25) is 5.91 Å². The lowest BCUT2D eigenvalue weighted by molar-refractivity contribution is -0.145. The number of hydrogen-bond acceptors (Lipinski definition) is 6. The molecule has 1 N–H and O–H groups in total. The first-order valence-electron chi connectivity index (χ1n) is 8.74. The van der Waals surface area contributed by atoms with Gasteiger partial charge < -0.3 is 19.4 Å². The molecule has 2 aromatic heterocycles. The smallest absolute Gasteiger partial charge is 0.323 e. The molecule has 3 heterocycles. The van der Waals surface area contributed by atoms with Gasteiger partial charge in [0.1, 0.15) is 6.54 Å². The van der Waals surface area contributed by atoms with E-state index in [1.165, 1.54) is 23.2 Å². The quantitative estimate of drug-likeness (QED) is 0.839. The van der Waals surface area contributed by atoms with Crippen LogP contribution in [0.4, 0.5) is 0 Å². The van der Waals surface area contributed by atoms with E-state index in [2.05, 4.69) is 5.16 Å². The highest BCUT2D eigenvalue weighted by atomic mass is 32.1. The number of carboxylic acids is 1. The molecule has 0 saturated carbocycles. The number of rotatable bonds is 5. The summed E-state index contributed by atoms with van der Waals surface area (Å²) in [6.07, 6.45) is 1.89. The molecule has 3 rings (SSSR count). The van der Waals surface area contributed by atoms with Gasteiger partial charge in [-0.3, -0.25) is 14.4 Å². The summed E-state index contributed by atoms with van der Waals surface area (Å²) in [7, 11) is 0. The molecular weight excluding hydrogens is 370 g/mol. The van der Waals surface area contributed by atoms with Crippen molar-refractivity contribution in [3.8, 4) is 10.6 Å². The molecule has 0 aromatic carbocycles. The monoisotopic (exact) mass is 391 g/mol. The highest BCUT2D eigenvalue weighted by molar-refractivity contribution is 7.13. The lowest BCUT2D eigenvalue weighted by atomic mass is 10.1. The van der Waals surface area contributed by atoms with Crippen molar-refractivity contribution in [1.82, 2.24) is 15.0 Å². The van der Waals surface area contributed by atoms with Crippen LogP contribution in [-0.2, 0) is 9.59 Å². The standard InChI is InChI=1S/C18H21N3O5S/c1-12(22)21(11-17(23)24)13-4-2-7-20(8-6-13)18(25)14-10-15(26-19-14)16-5-3-9-27-16/h3,5,9-10,13H,2,4,6-8,11H2,1H3,(H,23,24). The van der Waals surface area contributed by atoms with Crippen molar-refractivity contribution in [3.05, 3.63) is 29.3 Å². The van der Waals surface area contributed by atoms with Crippen LogP contribution in [0, 0.1) is 0 Å². The van der Waals surface area contributed by atoms with E-state index in [9.17, 15) is 14.4 Å². The number of nitrogens with zero attached hydrogens (tertiary/aromatic N) is 3. The molecule has 1 saturated heterocycles. The number of aromatic nitrogens is 1. The number of amides is 2. The van der Waals surface area contributed by atoms with Crippen LogP contribution in [0.1, 0.15) is 36.7 Å². The Kier molecular flexibility index (Phi) is 5.90. The molecule has 2 amide bonds. The number of carbonyl (C=O) groups is 3. The minimum absolute atomic E-state index is 0.185. The van der Waals surface area contributed by atoms with E-state index in [0.717, 1.165) is 4.88 Å². The molecule has 8 nitrogen and oxygen atoms in total. The molecule has 0 spiro atoms. The van der Waals surface area contributed by atoms with Gasteiger partial charge in [0.25, 0.3) is 5.91 Å². The van der Waals surface area contributed by atoms with E-state index in [1.54, 1.807) is 11.0 Å². The summed E-state index contributed by atoms with van der Waals surface area (Å²) in [5, 5.41) is 14.8. The van der Waals surface area contributed by atoms with E-state index < -0.39 is 5.97 Å². The lowest BCUT2D eigenvalue weighted by Gasteiger charge is -2.28. The van der Waals surface area contributed by atoms with Crippen LogP contribution < -0.4 is 0 Å². The second-order valence-corrected chi connectivity index (χ2v) is 7.42. The third kappa shape index (κ3) is 4.54. The number of likely N-dealkylation sites (tertiary alicyclic amines) is 1. The molecule has 0 aliphatic carbocycles. The Hall–Kier alpha value is -2.68. The molecule has 1 fully saturated rings. The fourth-order valence-electron chi connectivity index (χ4n) is 3.31. The number of thiophene rings is 1. The fourth-order valence-corrected chi connectivity index (χ4v) is 3.98. The Bertz CT molecular complexity index is 817. The van der Waals surface area contributed by atoms with Crippen molar-refractivity contribution in [2.45, 2.75) is 32.2 Å². The largest absolute Gasteiger partial charge is 0.480 e. The second kappa shape index (κ2) is 8.34. The minimum atomic E-state index is -1.04. The van der Waals surface area contributed by atoms with Crippen molar-refractivity contribution in [2.24, 2.45) is 0 Å². The molecule has 2 aromatic rings. The average molecular weight is 391 g/mol. The van der Waals surface area contributed by atoms with E-state index in [1.807, 2.05) is 17.5 Å². The van der Waals surface area contributed by atoms with Crippen molar-refractivity contribution >= 4 is 29.1 Å². The van der Waals surface area contributed by atoms with E-state index in [-0.39, 0.29) is 30.1 Å². The van der Waals surface area contributed by atoms with Crippen molar-refractivity contribution in [3.63, 3.8) is 0 Å². The first-order valence-corrected chi connectivity index (χ1v) is 9.62. The number of hydrogen-bond donors (Lipinski definition) is 1. The zero-order chi connectivity index (χ0) is 19.4. The highest BCUT2D eigenvalue weighted by Crippen LogP contribution is 2.26. The first kappa shape index (κ1) is 19.1. The summed E-state index contributed by atoms with van der Waals surface area (Å²) in [6, 6.07) is 5.25. The fraction of sp³-hybridized carbons (Fsp3) is 0.444. The number of carbonyl (C=O) groups excluding carboxylic acids is 2. The van der Waals surface area contributed by atoms with Gasteiger partial charge in [-0.1, -0.05) is 11.2 Å². The maximum Gasteiger partial charge on any atom is 0.323 e. The minimum Gasteiger partial charge on any atom is -0.480 e. The molecule has 1 aliphatic rings. The topological polar surface area (TPSA) is 104 Å². The molecular formula is C18H21N3O5S. The zero-order valence-corrected chi connectivity index (χ0v) is 15.8. The molecule has 1 atom stereocenters. The van der Waals surface area contributed by atoms with E-state index in [4.69, 9.17) is 9.63 Å². The van der Waals surface area contributed by atoms with Crippen LogP contribution in [0.3, 0.4) is 0 Å². The van der Waals surface area contributed by atoms with Gasteiger partial charge in [0.05, 0.1) is 4.88 Å². The molecule has 0 radical (unpaired) electrons. The molecule has 0 bridgehead atoms. The Labute approximate surface area is 160 Å². The van der Waals surface area contributed by atoms with Gasteiger partial charge >= 0.3 is 5.97 Å². The normalized spacial score (nSPS) is 17.4. The summed E-state index contributed by atoms with van der Waals surface area (Å²) in [5.74, 6) is -0.953. The molecule has 9 heteroatoms. The van der Waals surface area contributed by atoms with Crippen molar-refractivity contribution in [2.75, 3.05) is 19.6 Å². The van der Waals surface area contributed by atoms with E-state index in [0.29, 0.717) is 38.1 Å². The summed E-state index contributed by atoms with van der Waals surface area (Å²) in [6.45, 7) is 2.03. The zero-order valence-electron chi connectivity index (χ0n) is 15.0. The first-order chi connectivity index (χ1) is 13.0.